The number of rotatable bonds is 3. The minimum atomic E-state index is -2.28. The zero-order valence-corrected chi connectivity index (χ0v) is 13.2. The molecule has 1 N–H and O–H groups in total. The number of benzene rings is 3. The van der Waals surface area contributed by atoms with Crippen molar-refractivity contribution >= 4 is 35.4 Å². The largest absolute Gasteiger partial charge is 0.305 e. The summed E-state index contributed by atoms with van der Waals surface area (Å²) in [5, 5.41) is 12.5. The summed E-state index contributed by atoms with van der Waals surface area (Å²) in [6, 6.07) is 30.5. The third-order valence-corrected chi connectivity index (χ3v) is 6.65. The second-order valence-electron chi connectivity index (χ2n) is 4.68. The van der Waals surface area contributed by atoms with Crippen LogP contribution in [0.1, 0.15) is 0 Å². The van der Waals surface area contributed by atoms with Gasteiger partial charge < -0.3 is 5.16 Å². The quantitative estimate of drug-likeness (QED) is 0.702. The lowest BCUT2D eigenvalue weighted by Crippen LogP contribution is -2.24. The van der Waals surface area contributed by atoms with Crippen molar-refractivity contribution in [2.75, 3.05) is 0 Å². The van der Waals surface area contributed by atoms with E-state index in [4.69, 9.17) is 0 Å². The first-order valence-corrected chi connectivity index (χ1v) is 8.42. The number of hydrogen-bond acceptors (Lipinski definition) is 1. The SMILES string of the molecule is Cl.N=P(c1ccccc1)(c1ccccc1)c1ccccc1. The fraction of sp³-hybridized carbons (Fsp3) is 0. The molecule has 1 nitrogen and oxygen atoms in total. The van der Waals surface area contributed by atoms with E-state index in [2.05, 4.69) is 36.4 Å². The zero-order valence-electron chi connectivity index (χ0n) is 11.5. The van der Waals surface area contributed by atoms with Gasteiger partial charge in [0.25, 0.3) is 0 Å². The highest BCUT2D eigenvalue weighted by molar-refractivity contribution is 7.86. The molecular weight excluding hydrogens is 297 g/mol. The molecule has 0 aliphatic heterocycles. The second kappa shape index (κ2) is 6.76. The van der Waals surface area contributed by atoms with Crippen LogP contribution in [0.2, 0.25) is 0 Å². The predicted octanol–water partition coefficient (Wildman–Crippen LogP) is 4.16. The zero-order chi connectivity index (χ0) is 13.8. The molecule has 0 aromatic heterocycles. The highest BCUT2D eigenvalue weighted by atomic mass is 35.5. The van der Waals surface area contributed by atoms with Crippen LogP contribution in [-0.4, -0.2) is 0 Å². The summed E-state index contributed by atoms with van der Waals surface area (Å²) in [6.45, 7) is 0. The molecule has 0 atom stereocenters. The van der Waals surface area contributed by atoms with Gasteiger partial charge in [0.05, 0.1) is 7.05 Å². The van der Waals surface area contributed by atoms with E-state index in [-0.39, 0.29) is 12.4 Å². The molecule has 3 aromatic rings. The molecule has 0 bridgehead atoms. The molecule has 0 aliphatic rings. The van der Waals surface area contributed by atoms with E-state index in [1.807, 2.05) is 54.6 Å². The first kappa shape index (κ1) is 15.6. The van der Waals surface area contributed by atoms with Gasteiger partial charge in [-0.05, 0) is 15.9 Å². The van der Waals surface area contributed by atoms with Crippen molar-refractivity contribution in [3.63, 3.8) is 0 Å². The molecule has 0 spiro atoms. The van der Waals surface area contributed by atoms with Gasteiger partial charge in [0.15, 0.2) is 0 Å². The molecule has 0 saturated carbocycles. The third-order valence-electron chi connectivity index (χ3n) is 3.43. The summed E-state index contributed by atoms with van der Waals surface area (Å²) in [6.07, 6.45) is 0. The van der Waals surface area contributed by atoms with E-state index in [1.165, 1.54) is 0 Å². The van der Waals surface area contributed by atoms with Gasteiger partial charge in [0, 0.05) is 0 Å². The molecule has 21 heavy (non-hydrogen) atoms. The van der Waals surface area contributed by atoms with Crippen LogP contribution in [-0.2, 0) is 0 Å². The van der Waals surface area contributed by atoms with E-state index in [0.717, 1.165) is 15.9 Å². The average Bonchev–Trinajstić information content (AvgIpc) is 2.56. The summed E-state index contributed by atoms with van der Waals surface area (Å²) >= 11 is 0. The fourth-order valence-corrected chi connectivity index (χ4v) is 5.15. The molecule has 0 aliphatic carbocycles. The van der Waals surface area contributed by atoms with Crippen molar-refractivity contribution in [1.82, 2.24) is 0 Å². The van der Waals surface area contributed by atoms with E-state index < -0.39 is 7.05 Å². The van der Waals surface area contributed by atoms with Crippen LogP contribution in [0.3, 0.4) is 0 Å². The van der Waals surface area contributed by atoms with Crippen molar-refractivity contribution in [1.29, 1.82) is 5.16 Å². The molecule has 3 rings (SSSR count). The predicted molar refractivity (Wildman–Crippen MR) is 95.1 cm³/mol. The summed E-state index contributed by atoms with van der Waals surface area (Å²) in [7, 11) is -2.28. The van der Waals surface area contributed by atoms with E-state index >= 15 is 0 Å². The molecule has 0 heterocycles. The highest BCUT2D eigenvalue weighted by Gasteiger charge is 2.23. The monoisotopic (exact) mass is 313 g/mol. The van der Waals surface area contributed by atoms with Gasteiger partial charge in [-0.1, -0.05) is 91.0 Å². The number of nitrogens with one attached hydrogen (secondary N) is 1. The minimum absolute atomic E-state index is 0. The van der Waals surface area contributed by atoms with E-state index in [9.17, 15) is 5.16 Å². The van der Waals surface area contributed by atoms with Crippen molar-refractivity contribution in [2.24, 2.45) is 0 Å². The van der Waals surface area contributed by atoms with Crippen molar-refractivity contribution < 1.29 is 0 Å². The van der Waals surface area contributed by atoms with Gasteiger partial charge in [-0.3, -0.25) is 0 Å². The Morgan fingerprint density at radius 2 is 0.714 bits per heavy atom. The van der Waals surface area contributed by atoms with Crippen LogP contribution in [0.4, 0.5) is 0 Å². The second-order valence-corrected chi connectivity index (χ2v) is 7.57. The van der Waals surface area contributed by atoms with E-state index in [1.54, 1.807) is 0 Å². The summed E-state index contributed by atoms with van der Waals surface area (Å²) < 4.78 is 0. The Kier molecular flexibility index (Phi) is 5.01. The van der Waals surface area contributed by atoms with Crippen molar-refractivity contribution in [3.8, 4) is 0 Å². The van der Waals surface area contributed by atoms with Crippen molar-refractivity contribution in [3.05, 3.63) is 91.0 Å². The molecule has 106 valence electrons. The maximum absolute atomic E-state index is 9.25. The highest BCUT2D eigenvalue weighted by Crippen LogP contribution is 2.42. The molecule has 3 heteroatoms. The van der Waals surface area contributed by atoms with Gasteiger partial charge in [0.1, 0.15) is 0 Å². The molecule has 0 saturated heterocycles. The van der Waals surface area contributed by atoms with Crippen LogP contribution >= 0.6 is 19.5 Å². The first-order chi connectivity index (χ1) is 9.82. The Morgan fingerprint density at radius 3 is 0.952 bits per heavy atom. The Hall–Kier alpha value is -1.82. The Labute approximate surface area is 131 Å². The molecule has 3 aromatic carbocycles. The summed E-state index contributed by atoms with van der Waals surface area (Å²) in [5.41, 5.74) is 0. The Morgan fingerprint density at radius 1 is 0.476 bits per heavy atom. The lowest BCUT2D eigenvalue weighted by atomic mass is 10.4. The number of halogens is 1. The first-order valence-electron chi connectivity index (χ1n) is 6.63. The topological polar surface area (TPSA) is 23.9 Å². The molecule has 0 fully saturated rings. The Bertz CT molecular complexity index is 624. The van der Waals surface area contributed by atoms with Crippen LogP contribution < -0.4 is 15.9 Å². The summed E-state index contributed by atoms with van der Waals surface area (Å²) in [5.74, 6) is 0. The molecule has 0 amide bonds. The third kappa shape index (κ3) is 2.95. The normalized spacial score (nSPS) is 10.7. The molecule has 0 unspecified atom stereocenters. The van der Waals surface area contributed by atoms with Gasteiger partial charge in [-0.15, -0.1) is 12.4 Å². The van der Waals surface area contributed by atoms with Crippen molar-refractivity contribution in [2.45, 2.75) is 0 Å². The van der Waals surface area contributed by atoms with Gasteiger partial charge in [0.2, 0.25) is 0 Å². The van der Waals surface area contributed by atoms with Crippen LogP contribution in [0, 0.1) is 5.16 Å². The number of hydrogen-bond donors (Lipinski definition) is 1. The standard InChI is InChI=1S/C18H16NP.ClH/c19-20(16-10-4-1-5-11-16,17-12-6-2-7-13-17)18-14-8-3-9-15-18;/h1-15,19H;1H. The van der Waals surface area contributed by atoms with Crippen LogP contribution in [0.5, 0.6) is 0 Å². The minimum Gasteiger partial charge on any atom is -0.305 e. The summed E-state index contributed by atoms with van der Waals surface area (Å²) in [4.78, 5) is 0. The average molecular weight is 314 g/mol. The van der Waals surface area contributed by atoms with Crippen LogP contribution in [0.25, 0.3) is 0 Å². The molecular formula is C18H17ClNP. The smallest absolute Gasteiger partial charge is 0.0512 e. The Balaban J connectivity index is 0.00000161. The van der Waals surface area contributed by atoms with Gasteiger partial charge in [-0.25, -0.2) is 0 Å². The van der Waals surface area contributed by atoms with Gasteiger partial charge >= 0.3 is 0 Å². The lowest BCUT2D eigenvalue weighted by Gasteiger charge is -2.24. The van der Waals surface area contributed by atoms with E-state index in [0.29, 0.717) is 0 Å². The van der Waals surface area contributed by atoms with Gasteiger partial charge in [-0.2, -0.15) is 0 Å². The molecule has 0 radical (unpaired) electrons. The lowest BCUT2D eigenvalue weighted by molar-refractivity contribution is 1.59. The fourth-order valence-electron chi connectivity index (χ4n) is 2.40. The van der Waals surface area contributed by atoms with Crippen LogP contribution in [0.15, 0.2) is 91.0 Å². The maximum atomic E-state index is 9.25. The maximum Gasteiger partial charge on any atom is 0.0512 e.